The first-order chi connectivity index (χ1) is 7.33. The standard InChI is InChI=1S/C14H19ClO/c1-5-14(15,13(2,3)4)12(16)11-9-7-6-8-10-11/h6-10H,5H2,1-4H3/t14-/m0/s1. The number of Topliss-reactive ketones (excluding diaryl/α,β-unsaturated/α-hetero) is 1. The molecule has 0 aliphatic rings. The Kier molecular flexibility index (Phi) is 3.80. The average Bonchev–Trinajstić information content (AvgIpc) is 2.26. The monoisotopic (exact) mass is 238 g/mol. The van der Waals surface area contributed by atoms with Gasteiger partial charge in [0.2, 0.25) is 0 Å². The van der Waals surface area contributed by atoms with E-state index in [1.54, 1.807) is 0 Å². The van der Waals surface area contributed by atoms with Crippen molar-refractivity contribution in [2.45, 2.75) is 39.0 Å². The maximum atomic E-state index is 12.4. The molecule has 2 heteroatoms. The summed E-state index contributed by atoms with van der Waals surface area (Å²) in [4.78, 5) is 11.6. The van der Waals surface area contributed by atoms with Crippen LogP contribution in [0, 0.1) is 5.41 Å². The summed E-state index contributed by atoms with van der Waals surface area (Å²) in [5.74, 6) is 0.0183. The normalized spacial score (nSPS) is 15.6. The molecular formula is C14H19ClO. The fourth-order valence-electron chi connectivity index (χ4n) is 1.85. The van der Waals surface area contributed by atoms with Gasteiger partial charge < -0.3 is 0 Å². The summed E-state index contributed by atoms with van der Waals surface area (Å²) in [5, 5.41) is 0. The summed E-state index contributed by atoms with van der Waals surface area (Å²) in [6.45, 7) is 7.97. The molecule has 1 aromatic rings. The van der Waals surface area contributed by atoms with Crippen LogP contribution in [-0.4, -0.2) is 10.7 Å². The number of benzene rings is 1. The second-order valence-electron chi connectivity index (χ2n) is 5.10. The zero-order chi connectivity index (χ0) is 12.4. The molecule has 1 aromatic carbocycles. The highest BCUT2D eigenvalue weighted by Gasteiger charge is 2.45. The van der Waals surface area contributed by atoms with Crippen molar-refractivity contribution in [2.24, 2.45) is 5.41 Å². The Morgan fingerprint density at radius 2 is 1.69 bits per heavy atom. The molecule has 0 aliphatic carbocycles. The van der Waals surface area contributed by atoms with E-state index >= 15 is 0 Å². The Balaban J connectivity index is 3.13. The third-order valence-corrected chi connectivity index (χ3v) is 4.08. The molecule has 0 saturated heterocycles. The number of rotatable bonds is 3. The van der Waals surface area contributed by atoms with Gasteiger partial charge in [-0.05, 0) is 11.8 Å². The lowest BCUT2D eigenvalue weighted by molar-refractivity contribution is 0.0851. The molecular weight excluding hydrogens is 220 g/mol. The Morgan fingerprint density at radius 1 is 1.19 bits per heavy atom. The first kappa shape index (κ1) is 13.2. The van der Waals surface area contributed by atoms with Crippen LogP contribution in [0.5, 0.6) is 0 Å². The molecule has 0 spiro atoms. The number of carbonyl (C=O) groups excluding carboxylic acids is 1. The van der Waals surface area contributed by atoms with Crippen LogP contribution in [0.3, 0.4) is 0 Å². The highest BCUT2D eigenvalue weighted by Crippen LogP contribution is 2.41. The SMILES string of the molecule is CC[C@](Cl)(C(=O)c1ccccc1)C(C)(C)C. The molecule has 16 heavy (non-hydrogen) atoms. The van der Waals surface area contributed by atoms with Crippen molar-refractivity contribution in [3.63, 3.8) is 0 Å². The molecule has 88 valence electrons. The molecule has 0 saturated carbocycles. The number of hydrogen-bond acceptors (Lipinski definition) is 1. The fourth-order valence-corrected chi connectivity index (χ4v) is 1.96. The number of carbonyl (C=O) groups is 1. The minimum Gasteiger partial charge on any atom is -0.292 e. The summed E-state index contributed by atoms with van der Waals surface area (Å²) in [7, 11) is 0. The lowest BCUT2D eigenvalue weighted by Crippen LogP contribution is -2.44. The van der Waals surface area contributed by atoms with Gasteiger partial charge >= 0.3 is 0 Å². The van der Waals surface area contributed by atoms with Crippen molar-refractivity contribution in [1.29, 1.82) is 0 Å². The smallest absolute Gasteiger partial charge is 0.184 e. The maximum Gasteiger partial charge on any atom is 0.184 e. The van der Waals surface area contributed by atoms with Crippen LogP contribution in [0.25, 0.3) is 0 Å². The molecule has 1 atom stereocenters. The van der Waals surface area contributed by atoms with E-state index in [4.69, 9.17) is 11.6 Å². The molecule has 0 amide bonds. The van der Waals surface area contributed by atoms with Gasteiger partial charge in [-0.2, -0.15) is 0 Å². The van der Waals surface area contributed by atoms with Crippen molar-refractivity contribution < 1.29 is 4.79 Å². The maximum absolute atomic E-state index is 12.4. The summed E-state index contributed by atoms with van der Waals surface area (Å²) in [5.41, 5.74) is 0.435. The van der Waals surface area contributed by atoms with Crippen molar-refractivity contribution in [3.8, 4) is 0 Å². The summed E-state index contributed by atoms with van der Waals surface area (Å²) in [6.07, 6.45) is 0.631. The molecule has 1 nitrogen and oxygen atoms in total. The number of alkyl halides is 1. The molecule has 0 heterocycles. The molecule has 0 N–H and O–H groups in total. The molecule has 0 radical (unpaired) electrons. The average molecular weight is 239 g/mol. The van der Waals surface area contributed by atoms with Gasteiger partial charge in [-0.3, -0.25) is 4.79 Å². The molecule has 1 rings (SSSR count). The van der Waals surface area contributed by atoms with Crippen molar-refractivity contribution in [1.82, 2.24) is 0 Å². The lowest BCUT2D eigenvalue weighted by atomic mass is 9.74. The highest BCUT2D eigenvalue weighted by atomic mass is 35.5. The largest absolute Gasteiger partial charge is 0.292 e. The van der Waals surface area contributed by atoms with Crippen LogP contribution < -0.4 is 0 Å². The topological polar surface area (TPSA) is 17.1 Å². The van der Waals surface area contributed by atoms with E-state index in [9.17, 15) is 4.79 Å². The summed E-state index contributed by atoms with van der Waals surface area (Å²) in [6, 6.07) is 9.27. The molecule has 0 bridgehead atoms. The Bertz CT molecular complexity index is 364. The Morgan fingerprint density at radius 3 is 2.06 bits per heavy atom. The van der Waals surface area contributed by atoms with E-state index in [-0.39, 0.29) is 11.2 Å². The zero-order valence-corrected chi connectivity index (χ0v) is 11.1. The van der Waals surface area contributed by atoms with Gasteiger partial charge in [0.1, 0.15) is 4.87 Å². The first-order valence-electron chi connectivity index (χ1n) is 5.61. The third-order valence-electron chi connectivity index (χ3n) is 3.07. The van der Waals surface area contributed by atoms with Crippen LogP contribution in [-0.2, 0) is 0 Å². The fraction of sp³-hybridized carbons (Fsp3) is 0.500. The van der Waals surface area contributed by atoms with Crippen LogP contribution >= 0.6 is 11.6 Å². The van der Waals surface area contributed by atoms with E-state index in [1.807, 2.05) is 58.0 Å². The zero-order valence-electron chi connectivity index (χ0n) is 10.4. The van der Waals surface area contributed by atoms with Gasteiger partial charge in [0, 0.05) is 5.56 Å². The van der Waals surface area contributed by atoms with Gasteiger partial charge in [-0.15, -0.1) is 11.6 Å². The van der Waals surface area contributed by atoms with Gasteiger partial charge in [0.25, 0.3) is 0 Å². The second-order valence-corrected chi connectivity index (χ2v) is 5.75. The van der Waals surface area contributed by atoms with Crippen LogP contribution in [0.2, 0.25) is 0 Å². The van der Waals surface area contributed by atoms with Crippen LogP contribution in [0.1, 0.15) is 44.5 Å². The van der Waals surface area contributed by atoms with Gasteiger partial charge in [-0.25, -0.2) is 0 Å². The second kappa shape index (κ2) is 4.58. The van der Waals surface area contributed by atoms with E-state index < -0.39 is 4.87 Å². The first-order valence-corrected chi connectivity index (χ1v) is 5.99. The van der Waals surface area contributed by atoms with Crippen molar-refractivity contribution in [2.75, 3.05) is 0 Å². The predicted molar refractivity (Wildman–Crippen MR) is 69.1 cm³/mol. The van der Waals surface area contributed by atoms with Crippen LogP contribution in [0.15, 0.2) is 30.3 Å². The predicted octanol–water partition coefficient (Wildman–Crippen LogP) is 4.30. The van der Waals surface area contributed by atoms with Crippen LogP contribution in [0.4, 0.5) is 0 Å². The van der Waals surface area contributed by atoms with Crippen molar-refractivity contribution >= 4 is 17.4 Å². The summed E-state index contributed by atoms with van der Waals surface area (Å²) >= 11 is 6.54. The minimum absolute atomic E-state index is 0.0183. The molecule has 0 fully saturated rings. The van der Waals surface area contributed by atoms with E-state index in [1.165, 1.54) is 0 Å². The van der Waals surface area contributed by atoms with E-state index in [0.29, 0.717) is 12.0 Å². The number of halogens is 1. The third kappa shape index (κ3) is 2.30. The quantitative estimate of drug-likeness (QED) is 0.567. The van der Waals surface area contributed by atoms with Gasteiger partial charge in [0.05, 0.1) is 0 Å². The van der Waals surface area contributed by atoms with Gasteiger partial charge in [0.15, 0.2) is 5.78 Å². The summed E-state index contributed by atoms with van der Waals surface area (Å²) < 4.78 is 0. The van der Waals surface area contributed by atoms with E-state index in [2.05, 4.69) is 0 Å². The Hall–Kier alpha value is -0.820. The molecule has 0 aliphatic heterocycles. The van der Waals surface area contributed by atoms with Crippen molar-refractivity contribution in [3.05, 3.63) is 35.9 Å². The lowest BCUT2D eigenvalue weighted by Gasteiger charge is -2.37. The minimum atomic E-state index is -0.825. The Labute approximate surface area is 103 Å². The number of hydrogen-bond donors (Lipinski definition) is 0. The number of ketones is 1. The molecule has 0 aromatic heterocycles. The van der Waals surface area contributed by atoms with E-state index in [0.717, 1.165) is 0 Å². The molecule has 0 unspecified atom stereocenters. The highest BCUT2D eigenvalue weighted by molar-refractivity contribution is 6.38. The van der Waals surface area contributed by atoms with Gasteiger partial charge in [-0.1, -0.05) is 58.0 Å².